The molecule has 0 radical (unpaired) electrons. The first-order valence-corrected chi connectivity index (χ1v) is 11.8. The standard InChI is InChI=1S/C26H29N3O4/c30-24(16-33-23-3-1-2-21(14-23)28-26(32)19-8-9-19)29(22-12-13-22)15-17-4-6-18(7-5-17)25(31)27-20-10-11-20/h1-7,14,19-20,22H,8-13,15-16H2,(H,27,31)(H,28,32). The largest absolute Gasteiger partial charge is 0.484 e. The van der Waals surface area contributed by atoms with E-state index in [1.54, 1.807) is 12.1 Å². The Hall–Kier alpha value is -3.35. The van der Waals surface area contributed by atoms with Crippen molar-refractivity contribution < 1.29 is 19.1 Å². The summed E-state index contributed by atoms with van der Waals surface area (Å²) in [5.41, 5.74) is 2.32. The second-order valence-electron chi connectivity index (χ2n) is 9.28. The molecule has 5 rings (SSSR count). The maximum atomic E-state index is 12.9. The quantitative estimate of drug-likeness (QED) is 0.584. The first-order valence-electron chi connectivity index (χ1n) is 11.8. The van der Waals surface area contributed by atoms with Gasteiger partial charge in [0.15, 0.2) is 6.61 Å². The van der Waals surface area contributed by atoms with E-state index in [0.29, 0.717) is 29.6 Å². The molecule has 0 bridgehead atoms. The molecule has 3 aliphatic carbocycles. The van der Waals surface area contributed by atoms with Gasteiger partial charge in [0, 0.05) is 41.9 Å². The van der Waals surface area contributed by atoms with Crippen LogP contribution in [0.1, 0.15) is 54.4 Å². The van der Waals surface area contributed by atoms with Crippen LogP contribution in [0.3, 0.4) is 0 Å². The second-order valence-corrected chi connectivity index (χ2v) is 9.28. The van der Waals surface area contributed by atoms with Gasteiger partial charge in [-0.1, -0.05) is 18.2 Å². The molecule has 0 atom stereocenters. The molecule has 3 amide bonds. The van der Waals surface area contributed by atoms with Crippen LogP contribution in [0.15, 0.2) is 48.5 Å². The van der Waals surface area contributed by atoms with Crippen molar-refractivity contribution in [1.29, 1.82) is 0 Å². The minimum absolute atomic E-state index is 0.0388. The lowest BCUT2D eigenvalue weighted by Gasteiger charge is -2.23. The first kappa shape index (κ1) is 21.5. The fraction of sp³-hybridized carbons (Fsp3) is 0.423. The van der Waals surface area contributed by atoms with E-state index in [2.05, 4.69) is 10.6 Å². The average molecular weight is 448 g/mol. The SMILES string of the molecule is O=C(NC1CC1)c1ccc(CN(C(=O)COc2cccc(NC(=O)C3CC3)c2)C2CC2)cc1. The fourth-order valence-electron chi connectivity index (χ4n) is 3.74. The minimum Gasteiger partial charge on any atom is -0.484 e. The van der Waals surface area contributed by atoms with E-state index in [9.17, 15) is 14.4 Å². The van der Waals surface area contributed by atoms with Crippen LogP contribution in [0.4, 0.5) is 5.69 Å². The Bertz CT molecular complexity index is 1040. The fourth-order valence-corrected chi connectivity index (χ4v) is 3.74. The molecule has 0 saturated heterocycles. The van der Waals surface area contributed by atoms with Crippen LogP contribution < -0.4 is 15.4 Å². The Labute approximate surface area is 193 Å². The molecule has 7 nitrogen and oxygen atoms in total. The third-order valence-corrected chi connectivity index (χ3v) is 6.20. The third-order valence-electron chi connectivity index (χ3n) is 6.20. The summed E-state index contributed by atoms with van der Waals surface area (Å²) in [7, 11) is 0. The van der Waals surface area contributed by atoms with Crippen molar-refractivity contribution in [3.63, 3.8) is 0 Å². The van der Waals surface area contributed by atoms with Gasteiger partial charge in [-0.3, -0.25) is 14.4 Å². The number of carbonyl (C=O) groups is 3. The van der Waals surface area contributed by atoms with Crippen LogP contribution in [0, 0.1) is 5.92 Å². The van der Waals surface area contributed by atoms with Crippen molar-refractivity contribution in [2.24, 2.45) is 5.92 Å². The lowest BCUT2D eigenvalue weighted by molar-refractivity contribution is -0.134. The molecular formula is C26H29N3O4. The highest BCUT2D eigenvalue weighted by Crippen LogP contribution is 2.31. The molecule has 33 heavy (non-hydrogen) atoms. The van der Waals surface area contributed by atoms with Crippen LogP contribution >= 0.6 is 0 Å². The van der Waals surface area contributed by atoms with Gasteiger partial charge < -0.3 is 20.3 Å². The second kappa shape index (κ2) is 9.25. The van der Waals surface area contributed by atoms with Gasteiger partial charge >= 0.3 is 0 Å². The summed E-state index contributed by atoms with van der Waals surface area (Å²) >= 11 is 0. The number of hydrogen-bond donors (Lipinski definition) is 2. The topological polar surface area (TPSA) is 87.7 Å². The number of rotatable bonds is 10. The van der Waals surface area contributed by atoms with Gasteiger partial charge in [0.05, 0.1) is 0 Å². The van der Waals surface area contributed by atoms with Gasteiger partial charge in [-0.15, -0.1) is 0 Å². The van der Waals surface area contributed by atoms with Crippen molar-refractivity contribution >= 4 is 23.4 Å². The van der Waals surface area contributed by atoms with Gasteiger partial charge in [-0.2, -0.15) is 0 Å². The molecule has 172 valence electrons. The van der Waals surface area contributed by atoms with E-state index in [1.165, 1.54) is 0 Å². The monoisotopic (exact) mass is 447 g/mol. The Morgan fingerprint density at radius 3 is 2.36 bits per heavy atom. The molecule has 7 heteroatoms. The molecule has 0 heterocycles. The highest BCUT2D eigenvalue weighted by atomic mass is 16.5. The Kier molecular flexibility index (Phi) is 6.03. The molecular weight excluding hydrogens is 418 g/mol. The van der Waals surface area contributed by atoms with Crippen molar-refractivity contribution in [2.75, 3.05) is 11.9 Å². The van der Waals surface area contributed by atoms with Crippen LogP contribution in [-0.4, -0.2) is 41.3 Å². The average Bonchev–Trinajstić information content (AvgIpc) is 3.66. The molecule has 0 aromatic heterocycles. The maximum absolute atomic E-state index is 12.9. The van der Waals surface area contributed by atoms with Gasteiger partial charge in [-0.05, 0) is 68.4 Å². The van der Waals surface area contributed by atoms with Gasteiger partial charge in [0.2, 0.25) is 5.91 Å². The highest BCUT2D eigenvalue weighted by Gasteiger charge is 2.33. The number of nitrogens with one attached hydrogen (secondary N) is 2. The highest BCUT2D eigenvalue weighted by molar-refractivity contribution is 5.95. The molecule has 0 aliphatic heterocycles. The molecule has 3 saturated carbocycles. The zero-order valence-corrected chi connectivity index (χ0v) is 18.6. The number of benzene rings is 2. The zero-order chi connectivity index (χ0) is 22.8. The van der Waals surface area contributed by atoms with E-state index in [0.717, 1.165) is 44.1 Å². The lowest BCUT2D eigenvalue weighted by atomic mass is 10.1. The summed E-state index contributed by atoms with van der Waals surface area (Å²) in [6.45, 7) is 0.438. The number of anilines is 1. The smallest absolute Gasteiger partial charge is 0.261 e. The number of ether oxygens (including phenoxy) is 1. The van der Waals surface area contributed by atoms with Crippen molar-refractivity contribution in [3.05, 3.63) is 59.7 Å². The lowest BCUT2D eigenvalue weighted by Crippen LogP contribution is -2.36. The summed E-state index contributed by atoms with van der Waals surface area (Å²) in [5, 5.41) is 5.89. The Morgan fingerprint density at radius 1 is 0.939 bits per heavy atom. The molecule has 2 N–H and O–H groups in total. The molecule has 3 aliphatic rings. The van der Waals surface area contributed by atoms with E-state index in [4.69, 9.17) is 4.74 Å². The van der Waals surface area contributed by atoms with Gasteiger partial charge in [0.25, 0.3) is 11.8 Å². The summed E-state index contributed by atoms with van der Waals surface area (Å²) in [6.07, 6.45) is 6.01. The van der Waals surface area contributed by atoms with Crippen LogP contribution in [-0.2, 0) is 16.1 Å². The summed E-state index contributed by atoms with van der Waals surface area (Å²) < 4.78 is 5.76. The summed E-state index contributed by atoms with van der Waals surface area (Å²) in [4.78, 5) is 38.9. The number of amides is 3. The number of nitrogens with zero attached hydrogens (tertiary/aromatic N) is 1. The molecule has 0 unspecified atom stereocenters. The van der Waals surface area contributed by atoms with Gasteiger partial charge in [0.1, 0.15) is 5.75 Å². The van der Waals surface area contributed by atoms with E-state index < -0.39 is 0 Å². The van der Waals surface area contributed by atoms with E-state index in [1.807, 2.05) is 41.3 Å². The summed E-state index contributed by atoms with van der Waals surface area (Å²) in [5.74, 6) is 0.617. The minimum atomic E-state index is -0.0690. The predicted octanol–water partition coefficient (Wildman–Crippen LogP) is 3.50. The predicted molar refractivity (Wildman–Crippen MR) is 124 cm³/mol. The van der Waals surface area contributed by atoms with Crippen LogP contribution in [0.5, 0.6) is 5.75 Å². The number of hydrogen-bond acceptors (Lipinski definition) is 4. The van der Waals surface area contributed by atoms with Gasteiger partial charge in [-0.25, -0.2) is 0 Å². The number of carbonyl (C=O) groups excluding carboxylic acids is 3. The Morgan fingerprint density at radius 2 is 1.70 bits per heavy atom. The molecule has 2 aromatic carbocycles. The zero-order valence-electron chi connectivity index (χ0n) is 18.6. The molecule has 0 spiro atoms. The van der Waals surface area contributed by atoms with E-state index >= 15 is 0 Å². The van der Waals surface area contributed by atoms with Crippen LogP contribution in [0.25, 0.3) is 0 Å². The molecule has 2 aromatic rings. The Balaban J connectivity index is 1.15. The van der Waals surface area contributed by atoms with Crippen molar-refractivity contribution in [1.82, 2.24) is 10.2 Å². The third kappa shape index (κ3) is 5.92. The van der Waals surface area contributed by atoms with Crippen molar-refractivity contribution in [2.45, 2.75) is 57.2 Å². The summed E-state index contributed by atoms with van der Waals surface area (Å²) in [6, 6.07) is 15.2. The van der Waals surface area contributed by atoms with Crippen molar-refractivity contribution in [3.8, 4) is 5.75 Å². The molecule has 3 fully saturated rings. The van der Waals surface area contributed by atoms with E-state index in [-0.39, 0.29) is 36.3 Å². The normalized spacial score (nSPS) is 17.2. The van der Waals surface area contributed by atoms with Crippen LogP contribution in [0.2, 0.25) is 0 Å². The first-order chi connectivity index (χ1) is 16.0. The maximum Gasteiger partial charge on any atom is 0.261 e.